The zero-order chi connectivity index (χ0) is 18.8. The molecule has 3 rings (SSSR count). The van der Waals surface area contributed by atoms with Crippen LogP contribution in [-0.4, -0.2) is 24.7 Å². The van der Waals surface area contributed by atoms with Gasteiger partial charge in [0, 0.05) is 17.1 Å². The van der Waals surface area contributed by atoms with Crippen LogP contribution in [0.15, 0.2) is 18.2 Å². The minimum Gasteiger partial charge on any atom is -0.465 e. The molecule has 0 bridgehead atoms. The molecule has 1 N–H and O–H groups in total. The number of hydrogen-bond acceptors (Lipinski definition) is 4. The Morgan fingerprint density at radius 3 is 2.85 bits per heavy atom. The van der Waals surface area contributed by atoms with Gasteiger partial charge in [0.2, 0.25) is 0 Å². The van der Waals surface area contributed by atoms with Gasteiger partial charge in [-0.25, -0.2) is 4.79 Å². The number of fused-ring (bicyclic) bond motifs is 1. The first-order chi connectivity index (χ1) is 12.5. The van der Waals surface area contributed by atoms with Gasteiger partial charge in [0.1, 0.15) is 5.00 Å². The van der Waals surface area contributed by atoms with E-state index in [0.717, 1.165) is 46.9 Å². The summed E-state index contributed by atoms with van der Waals surface area (Å²) >= 11 is 7.26. The Labute approximate surface area is 164 Å². The topological polar surface area (TPSA) is 41.6 Å². The number of rotatable bonds is 3. The van der Waals surface area contributed by atoms with Crippen LogP contribution in [-0.2, 0) is 17.6 Å². The molecule has 1 aromatic carbocycles. The first kappa shape index (κ1) is 18.9. The molecular weight excluding hydrogens is 364 g/mol. The molecule has 0 spiro atoms. The molecule has 0 unspecified atom stereocenters. The maximum Gasteiger partial charge on any atom is 0.341 e. The molecule has 0 saturated carbocycles. The number of esters is 1. The number of aryl methyl sites for hydroxylation is 3. The van der Waals surface area contributed by atoms with Crippen LogP contribution in [0.2, 0.25) is 0 Å². The Morgan fingerprint density at radius 1 is 1.38 bits per heavy atom. The minimum absolute atomic E-state index is 0.314. The summed E-state index contributed by atoms with van der Waals surface area (Å²) in [6.07, 6.45) is 2.92. The van der Waals surface area contributed by atoms with Gasteiger partial charge >= 0.3 is 5.97 Å². The summed E-state index contributed by atoms with van der Waals surface area (Å²) in [7, 11) is 1.42. The van der Waals surface area contributed by atoms with Crippen LogP contribution in [0.4, 0.5) is 10.7 Å². The number of thiophene rings is 1. The van der Waals surface area contributed by atoms with Crippen molar-refractivity contribution in [3.8, 4) is 0 Å². The lowest BCUT2D eigenvalue weighted by atomic mass is 10.00. The van der Waals surface area contributed by atoms with E-state index in [1.54, 1.807) is 11.3 Å². The van der Waals surface area contributed by atoms with Crippen LogP contribution < -0.4 is 10.2 Å². The van der Waals surface area contributed by atoms with Gasteiger partial charge in [-0.3, -0.25) is 0 Å². The average molecular weight is 389 g/mol. The van der Waals surface area contributed by atoms with Crippen molar-refractivity contribution in [2.45, 2.75) is 40.0 Å². The number of nitrogens with zero attached hydrogens (tertiary/aromatic N) is 1. The Hall–Kier alpha value is -1.92. The molecule has 2 heterocycles. The maximum absolute atomic E-state index is 12.3. The quantitative estimate of drug-likeness (QED) is 0.600. The monoisotopic (exact) mass is 388 g/mol. The normalized spacial score (nSPS) is 13.3. The molecule has 1 aliphatic heterocycles. The lowest BCUT2D eigenvalue weighted by molar-refractivity contribution is 0.0601. The van der Waals surface area contributed by atoms with E-state index in [4.69, 9.17) is 17.0 Å². The Balaban J connectivity index is 1.91. The van der Waals surface area contributed by atoms with Gasteiger partial charge in [-0.15, -0.1) is 11.3 Å². The molecule has 0 aliphatic carbocycles. The number of carbonyl (C=O) groups excluding carboxylic acids is 1. The van der Waals surface area contributed by atoms with Crippen LogP contribution in [0, 0.1) is 13.8 Å². The predicted molar refractivity (Wildman–Crippen MR) is 113 cm³/mol. The van der Waals surface area contributed by atoms with Gasteiger partial charge < -0.3 is 15.0 Å². The summed E-state index contributed by atoms with van der Waals surface area (Å²) in [5, 5.41) is 4.72. The molecule has 138 valence electrons. The summed E-state index contributed by atoms with van der Waals surface area (Å²) in [5.74, 6) is -0.314. The van der Waals surface area contributed by atoms with Crippen molar-refractivity contribution in [3.05, 3.63) is 45.3 Å². The highest BCUT2D eigenvalue weighted by Crippen LogP contribution is 2.35. The number of methoxy groups -OCH3 is 1. The molecule has 0 amide bonds. The largest absolute Gasteiger partial charge is 0.465 e. The molecule has 6 heteroatoms. The molecule has 0 atom stereocenters. The van der Waals surface area contributed by atoms with E-state index in [1.165, 1.54) is 18.2 Å². The summed E-state index contributed by atoms with van der Waals surface area (Å²) in [6, 6.07) is 6.48. The zero-order valence-electron chi connectivity index (χ0n) is 15.6. The molecule has 0 fully saturated rings. The predicted octanol–water partition coefficient (Wildman–Crippen LogP) is 4.86. The molecule has 26 heavy (non-hydrogen) atoms. The van der Waals surface area contributed by atoms with Gasteiger partial charge in [-0.2, -0.15) is 0 Å². The number of carbonyl (C=O) groups is 1. The third kappa shape index (κ3) is 3.48. The van der Waals surface area contributed by atoms with E-state index >= 15 is 0 Å². The highest BCUT2D eigenvalue weighted by Gasteiger charge is 2.25. The number of hydrogen-bond donors (Lipinski definition) is 1. The van der Waals surface area contributed by atoms with Crippen LogP contribution in [0.1, 0.15) is 45.3 Å². The summed E-state index contributed by atoms with van der Waals surface area (Å²) in [4.78, 5) is 15.6. The van der Waals surface area contributed by atoms with Crippen molar-refractivity contribution in [1.82, 2.24) is 0 Å². The van der Waals surface area contributed by atoms with E-state index in [0.29, 0.717) is 10.7 Å². The van der Waals surface area contributed by atoms with Crippen molar-refractivity contribution in [3.63, 3.8) is 0 Å². The van der Waals surface area contributed by atoms with Gasteiger partial charge in [0.05, 0.1) is 12.7 Å². The minimum atomic E-state index is -0.314. The third-order valence-corrected chi connectivity index (χ3v) is 6.16. The fourth-order valence-electron chi connectivity index (χ4n) is 3.51. The van der Waals surface area contributed by atoms with Gasteiger partial charge in [-0.05, 0) is 62.5 Å². The molecule has 0 radical (unpaired) electrons. The SMILES string of the molecule is CCc1c(C)sc(NC(=S)N2CCCc3cc(C)ccc32)c1C(=O)OC. The first-order valence-corrected chi connectivity index (χ1v) is 10.1. The number of anilines is 2. The summed E-state index contributed by atoms with van der Waals surface area (Å²) < 4.78 is 5.00. The lowest BCUT2D eigenvalue weighted by Crippen LogP contribution is -2.38. The first-order valence-electron chi connectivity index (χ1n) is 8.84. The van der Waals surface area contributed by atoms with Crippen LogP contribution in [0.3, 0.4) is 0 Å². The second-order valence-electron chi connectivity index (χ2n) is 6.50. The fraction of sp³-hybridized carbons (Fsp3) is 0.400. The van der Waals surface area contributed by atoms with Crippen molar-refractivity contribution in [2.24, 2.45) is 0 Å². The Morgan fingerprint density at radius 2 is 2.15 bits per heavy atom. The van der Waals surface area contributed by atoms with E-state index < -0.39 is 0 Å². The van der Waals surface area contributed by atoms with Crippen molar-refractivity contribution in [2.75, 3.05) is 23.9 Å². The number of benzene rings is 1. The van der Waals surface area contributed by atoms with Gasteiger partial charge in [0.25, 0.3) is 0 Å². The van der Waals surface area contributed by atoms with E-state index in [9.17, 15) is 4.79 Å². The van der Waals surface area contributed by atoms with Crippen molar-refractivity contribution in [1.29, 1.82) is 0 Å². The Kier molecular flexibility index (Phi) is 5.63. The second kappa shape index (κ2) is 7.76. The van der Waals surface area contributed by atoms with Crippen molar-refractivity contribution < 1.29 is 9.53 Å². The lowest BCUT2D eigenvalue weighted by Gasteiger charge is -2.32. The Bertz CT molecular complexity index is 858. The van der Waals surface area contributed by atoms with Crippen LogP contribution >= 0.6 is 23.6 Å². The molecular formula is C20H24N2O2S2. The fourth-order valence-corrected chi connectivity index (χ4v) is 5.00. The van der Waals surface area contributed by atoms with Gasteiger partial charge in [0.15, 0.2) is 5.11 Å². The number of nitrogens with one attached hydrogen (secondary N) is 1. The van der Waals surface area contributed by atoms with E-state index in [1.807, 2.05) is 13.8 Å². The number of ether oxygens (including phenoxy) is 1. The highest BCUT2D eigenvalue weighted by molar-refractivity contribution is 7.80. The van der Waals surface area contributed by atoms with E-state index in [-0.39, 0.29) is 5.97 Å². The standard InChI is InChI=1S/C20H24N2O2S2/c1-5-15-13(3)26-18(17(15)19(23)24-4)21-20(25)22-10-6-7-14-11-12(2)8-9-16(14)22/h8-9,11H,5-7,10H2,1-4H3,(H,21,25). The van der Waals surface area contributed by atoms with Crippen LogP contribution in [0.5, 0.6) is 0 Å². The summed E-state index contributed by atoms with van der Waals surface area (Å²) in [6.45, 7) is 7.07. The average Bonchev–Trinajstić information content (AvgIpc) is 2.94. The molecule has 1 aliphatic rings. The maximum atomic E-state index is 12.3. The van der Waals surface area contributed by atoms with Crippen molar-refractivity contribution >= 4 is 45.3 Å². The van der Waals surface area contributed by atoms with Crippen LogP contribution in [0.25, 0.3) is 0 Å². The molecule has 1 aromatic heterocycles. The summed E-state index contributed by atoms with van der Waals surface area (Å²) in [5.41, 5.74) is 5.38. The highest BCUT2D eigenvalue weighted by atomic mass is 32.1. The smallest absolute Gasteiger partial charge is 0.341 e. The molecule has 0 saturated heterocycles. The zero-order valence-corrected chi connectivity index (χ0v) is 17.3. The molecule has 4 nitrogen and oxygen atoms in total. The molecule has 2 aromatic rings. The third-order valence-electron chi connectivity index (χ3n) is 4.77. The number of thiocarbonyl (C=S) groups is 1. The van der Waals surface area contributed by atoms with Gasteiger partial charge in [-0.1, -0.05) is 24.6 Å². The second-order valence-corrected chi connectivity index (χ2v) is 8.12. The van der Waals surface area contributed by atoms with E-state index in [2.05, 4.69) is 35.3 Å².